The fraction of sp³-hybridized carbons (Fsp3) is 0.304. The van der Waals surface area contributed by atoms with Gasteiger partial charge < -0.3 is 9.67 Å². The first-order valence-corrected chi connectivity index (χ1v) is 11.8. The van der Waals surface area contributed by atoms with E-state index >= 15 is 0 Å². The van der Waals surface area contributed by atoms with Crippen LogP contribution in [0.1, 0.15) is 31.9 Å². The van der Waals surface area contributed by atoms with Gasteiger partial charge in [0.15, 0.2) is 5.88 Å². The van der Waals surface area contributed by atoms with Crippen molar-refractivity contribution in [3.05, 3.63) is 58.1 Å². The maximum absolute atomic E-state index is 13.0. The van der Waals surface area contributed by atoms with Gasteiger partial charge in [0.1, 0.15) is 0 Å². The van der Waals surface area contributed by atoms with E-state index in [0.29, 0.717) is 29.2 Å². The molecule has 0 spiro atoms. The number of para-hydroxylation sites is 1. The minimum Gasteiger partial charge on any atom is -0.494 e. The minimum absolute atomic E-state index is 0.0423. The number of hydrogen-bond acceptors (Lipinski definition) is 4. The van der Waals surface area contributed by atoms with Gasteiger partial charge in [-0.2, -0.15) is 4.31 Å². The van der Waals surface area contributed by atoms with Crippen LogP contribution in [-0.4, -0.2) is 41.4 Å². The van der Waals surface area contributed by atoms with Gasteiger partial charge in [0.2, 0.25) is 10.0 Å². The topological polar surface area (TPSA) is 92.0 Å². The number of hydrogen-bond donors (Lipinski definition) is 1. The van der Waals surface area contributed by atoms with Crippen LogP contribution >= 0.6 is 0 Å². The highest BCUT2D eigenvalue weighted by Crippen LogP contribution is 2.37. The van der Waals surface area contributed by atoms with Crippen LogP contribution in [-0.2, 0) is 28.3 Å². The number of aromatic hydroxyl groups is 1. The van der Waals surface area contributed by atoms with Crippen molar-refractivity contribution >= 4 is 32.4 Å². The van der Waals surface area contributed by atoms with Crippen LogP contribution in [0.4, 0.5) is 0 Å². The summed E-state index contributed by atoms with van der Waals surface area (Å²) in [6, 6.07) is 10.3. The van der Waals surface area contributed by atoms with Gasteiger partial charge in [0.25, 0.3) is 5.91 Å². The van der Waals surface area contributed by atoms with E-state index in [1.807, 2.05) is 25.1 Å². The van der Waals surface area contributed by atoms with E-state index in [-0.39, 0.29) is 16.3 Å². The maximum Gasteiger partial charge on any atom is 0.279 e. The normalized spacial score (nSPS) is 13.8. The lowest BCUT2D eigenvalue weighted by Gasteiger charge is -2.18. The summed E-state index contributed by atoms with van der Waals surface area (Å²) in [6.07, 6.45) is 0.768. The summed E-state index contributed by atoms with van der Waals surface area (Å²) in [5.41, 5.74) is 2.50. The molecule has 0 atom stereocenters. The van der Waals surface area contributed by atoms with Crippen LogP contribution in [0.5, 0.6) is 5.88 Å². The number of amides is 1. The first-order valence-electron chi connectivity index (χ1n) is 10.3. The molecule has 2 aromatic carbocycles. The van der Waals surface area contributed by atoms with E-state index in [1.165, 1.54) is 16.4 Å². The molecule has 1 N–H and O–H groups in total. The number of sulfonamides is 1. The average molecular weight is 440 g/mol. The van der Waals surface area contributed by atoms with Gasteiger partial charge in [-0.15, -0.1) is 0 Å². The smallest absolute Gasteiger partial charge is 0.279 e. The van der Waals surface area contributed by atoms with Gasteiger partial charge in [-0.25, -0.2) is 13.4 Å². The molecule has 0 saturated heterocycles. The zero-order chi connectivity index (χ0) is 22.5. The average Bonchev–Trinajstić information content (AvgIpc) is 3.20. The molecule has 7 nitrogen and oxygen atoms in total. The summed E-state index contributed by atoms with van der Waals surface area (Å²) < 4.78 is 29.1. The lowest BCUT2D eigenvalue weighted by molar-refractivity contribution is -0.112. The summed E-state index contributed by atoms with van der Waals surface area (Å²) in [7, 11) is -1.96. The Morgan fingerprint density at radius 2 is 1.81 bits per heavy atom. The second-order valence-corrected chi connectivity index (χ2v) is 9.42. The lowest BCUT2D eigenvalue weighted by Crippen LogP contribution is -2.33. The maximum atomic E-state index is 13.0. The third-order valence-corrected chi connectivity index (χ3v) is 7.96. The molecule has 3 aromatic rings. The van der Waals surface area contributed by atoms with Gasteiger partial charge >= 0.3 is 0 Å². The molecule has 1 amide bonds. The second kappa shape index (κ2) is 7.62. The SMILES string of the molecule is CCc1cccc2c(C3=c4cc(S(=O)(=O)N(CC)CC)ccc4=NC3=O)c(O)n(C)c12. The van der Waals surface area contributed by atoms with Crippen molar-refractivity contribution in [2.24, 2.45) is 12.0 Å². The predicted molar refractivity (Wildman–Crippen MR) is 119 cm³/mol. The largest absolute Gasteiger partial charge is 0.494 e. The molecular formula is C23H25N3O4S. The highest BCUT2D eigenvalue weighted by Gasteiger charge is 2.29. The van der Waals surface area contributed by atoms with Crippen molar-refractivity contribution in [3.8, 4) is 5.88 Å². The van der Waals surface area contributed by atoms with Gasteiger partial charge in [0.05, 0.1) is 26.9 Å². The van der Waals surface area contributed by atoms with E-state index in [0.717, 1.165) is 22.9 Å². The monoisotopic (exact) mass is 439 g/mol. The molecule has 0 fully saturated rings. The summed E-state index contributed by atoms with van der Waals surface area (Å²) in [4.78, 5) is 17.1. The van der Waals surface area contributed by atoms with E-state index in [2.05, 4.69) is 4.99 Å². The van der Waals surface area contributed by atoms with Crippen LogP contribution in [0.15, 0.2) is 46.3 Å². The number of rotatable bonds is 6. The molecular weight excluding hydrogens is 414 g/mol. The highest BCUT2D eigenvalue weighted by atomic mass is 32.2. The van der Waals surface area contributed by atoms with Crippen molar-refractivity contribution in [1.82, 2.24) is 8.87 Å². The third-order valence-electron chi connectivity index (χ3n) is 5.91. The standard InChI is InChI=1S/C23H25N3O4S/c1-5-14-9-8-10-16-20(23(28)25(4)21(14)16)19-17-13-15(11-12-18(17)24-22(19)27)31(29,30)26(6-2)7-3/h8-13,28H,5-7H2,1-4H3. The van der Waals surface area contributed by atoms with Crippen molar-refractivity contribution in [2.45, 2.75) is 32.1 Å². The molecule has 0 bridgehead atoms. The van der Waals surface area contributed by atoms with Crippen LogP contribution in [0.2, 0.25) is 0 Å². The molecule has 0 aliphatic carbocycles. The first kappa shape index (κ1) is 21.3. The molecule has 2 heterocycles. The molecule has 4 rings (SSSR count). The van der Waals surface area contributed by atoms with Gasteiger partial charge in [-0.05, 0) is 30.2 Å². The van der Waals surface area contributed by atoms with Crippen LogP contribution in [0, 0.1) is 0 Å². The van der Waals surface area contributed by atoms with E-state index in [4.69, 9.17) is 0 Å². The summed E-state index contributed by atoms with van der Waals surface area (Å²) in [6.45, 7) is 6.29. The van der Waals surface area contributed by atoms with Gasteiger partial charge in [0, 0.05) is 30.7 Å². The summed E-state index contributed by atoms with van der Waals surface area (Å²) in [5, 5.41) is 12.5. The molecule has 162 valence electrons. The Morgan fingerprint density at radius 1 is 1.10 bits per heavy atom. The minimum atomic E-state index is -3.70. The number of fused-ring (bicyclic) bond motifs is 2. The van der Waals surface area contributed by atoms with Crippen molar-refractivity contribution in [2.75, 3.05) is 13.1 Å². The zero-order valence-electron chi connectivity index (χ0n) is 18.0. The third kappa shape index (κ3) is 3.09. The Bertz CT molecular complexity index is 1450. The molecule has 1 aromatic heterocycles. The molecule has 0 unspecified atom stereocenters. The summed E-state index contributed by atoms with van der Waals surface area (Å²) in [5.74, 6) is -0.531. The Labute approximate surface area is 181 Å². The summed E-state index contributed by atoms with van der Waals surface area (Å²) >= 11 is 0. The number of aromatic nitrogens is 1. The predicted octanol–water partition coefficient (Wildman–Crippen LogP) is 1.84. The Balaban J connectivity index is 2.08. The van der Waals surface area contributed by atoms with E-state index in [1.54, 1.807) is 31.5 Å². The number of aryl methyl sites for hydroxylation is 2. The molecule has 1 aliphatic rings. The first-order chi connectivity index (χ1) is 14.8. The van der Waals surface area contributed by atoms with Crippen LogP contribution in [0.25, 0.3) is 16.5 Å². The second-order valence-electron chi connectivity index (χ2n) is 7.48. The van der Waals surface area contributed by atoms with Crippen molar-refractivity contribution in [1.29, 1.82) is 0 Å². The van der Waals surface area contributed by atoms with Crippen molar-refractivity contribution < 1.29 is 18.3 Å². The molecule has 0 saturated carbocycles. The Kier molecular flexibility index (Phi) is 5.23. The quantitative estimate of drug-likeness (QED) is 0.634. The number of carbonyl (C=O) groups is 1. The van der Waals surface area contributed by atoms with Crippen molar-refractivity contribution in [3.63, 3.8) is 0 Å². The fourth-order valence-electron chi connectivity index (χ4n) is 4.32. The van der Waals surface area contributed by atoms with E-state index in [9.17, 15) is 18.3 Å². The fourth-order valence-corrected chi connectivity index (χ4v) is 5.81. The van der Waals surface area contributed by atoms with Gasteiger partial charge in [-0.3, -0.25) is 4.79 Å². The number of nitrogens with zero attached hydrogens (tertiary/aromatic N) is 3. The highest BCUT2D eigenvalue weighted by molar-refractivity contribution is 7.89. The molecule has 8 heteroatoms. The number of carbonyl (C=O) groups excluding carboxylic acids is 1. The lowest BCUT2D eigenvalue weighted by atomic mass is 10.00. The Morgan fingerprint density at radius 3 is 2.45 bits per heavy atom. The zero-order valence-corrected chi connectivity index (χ0v) is 18.8. The van der Waals surface area contributed by atoms with Gasteiger partial charge in [-0.1, -0.05) is 39.0 Å². The number of benzene rings is 2. The molecule has 31 heavy (non-hydrogen) atoms. The van der Waals surface area contributed by atoms with Crippen LogP contribution in [0.3, 0.4) is 0 Å². The molecule has 0 radical (unpaired) electrons. The Hall–Kier alpha value is -2.97. The van der Waals surface area contributed by atoms with E-state index < -0.39 is 15.9 Å². The van der Waals surface area contributed by atoms with Crippen LogP contribution < -0.4 is 10.6 Å². The molecule has 1 aliphatic heterocycles.